The number of aliphatic hydroxyl groups is 1. The molecule has 1 aliphatic carbocycles. The molecule has 0 aliphatic heterocycles. The molecular formula is C7H12N4O. The number of nitrogens with two attached hydrogens (primary N) is 1. The third kappa shape index (κ3) is 1.21. The largest absolute Gasteiger partial charge is 0.384 e. The Kier molecular flexibility index (Phi) is 1.82. The smallest absolute Gasteiger partial charge is 0.163 e. The molecule has 0 spiro atoms. The number of hydrogen-bond acceptors (Lipinski definition) is 4. The van der Waals surface area contributed by atoms with E-state index in [1.165, 1.54) is 0 Å². The van der Waals surface area contributed by atoms with Gasteiger partial charge in [0.1, 0.15) is 12.4 Å². The lowest BCUT2D eigenvalue weighted by Crippen LogP contribution is -2.16. The van der Waals surface area contributed by atoms with Gasteiger partial charge in [-0.15, -0.1) is 10.2 Å². The SMILES string of the molecule is NCC(O)c1nncn1C1CC1. The summed E-state index contributed by atoms with van der Waals surface area (Å²) in [4.78, 5) is 0. The van der Waals surface area contributed by atoms with Crippen LogP contribution in [0.25, 0.3) is 0 Å². The maximum atomic E-state index is 9.43. The molecule has 0 aromatic carbocycles. The molecule has 1 fully saturated rings. The molecule has 1 aliphatic rings. The minimum absolute atomic E-state index is 0.200. The third-order valence-corrected chi connectivity index (χ3v) is 2.06. The quantitative estimate of drug-likeness (QED) is 0.644. The first-order valence-corrected chi connectivity index (χ1v) is 4.10. The second kappa shape index (κ2) is 2.84. The van der Waals surface area contributed by atoms with Gasteiger partial charge >= 0.3 is 0 Å². The minimum Gasteiger partial charge on any atom is -0.384 e. The standard InChI is InChI=1S/C7H12N4O/c8-3-6(12)7-10-9-4-11(7)5-1-2-5/h4-6,12H,1-3,8H2. The topological polar surface area (TPSA) is 77.0 Å². The monoisotopic (exact) mass is 168 g/mol. The van der Waals surface area contributed by atoms with Crippen molar-refractivity contribution in [1.29, 1.82) is 0 Å². The van der Waals surface area contributed by atoms with Gasteiger partial charge < -0.3 is 15.4 Å². The fourth-order valence-corrected chi connectivity index (χ4v) is 1.23. The molecule has 0 bridgehead atoms. The van der Waals surface area contributed by atoms with E-state index in [9.17, 15) is 5.11 Å². The van der Waals surface area contributed by atoms with Crippen LogP contribution in [0.15, 0.2) is 6.33 Å². The van der Waals surface area contributed by atoms with Crippen LogP contribution in [0.4, 0.5) is 0 Å². The second-order valence-corrected chi connectivity index (χ2v) is 3.08. The van der Waals surface area contributed by atoms with Gasteiger partial charge in [0.15, 0.2) is 5.82 Å². The van der Waals surface area contributed by atoms with Crippen LogP contribution < -0.4 is 5.73 Å². The lowest BCUT2D eigenvalue weighted by Gasteiger charge is -2.08. The Morgan fingerprint density at radius 1 is 1.75 bits per heavy atom. The van der Waals surface area contributed by atoms with Gasteiger partial charge in [-0.2, -0.15) is 0 Å². The Morgan fingerprint density at radius 2 is 2.50 bits per heavy atom. The van der Waals surface area contributed by atoms with Crippen molar-refractivity contribution < 1.29 is 5.11 Å². The summed E-state index contributed by atoms with van der Waals surface area (Å²) in [6.45, 7) is 0.200. The van der Waals surface area contributed by atoms with Crippen molar-refractivity contribution in [2.45, 2.75) is 25.0 Å². The first-order valence-electron chi connectivity index (χ1n) is 4.10. The van der Waals surface area contributed by atoms with Crippen molar-refractivity contribution in [2.75, 3.05) is 6.54 Å². The second-order valence-electron chi connectivity index (χ2n) is 3.08. The van der Waals surface area contributed by atoms with Gasteiger partial charge in [-0.25, -0.2) is 0 Å². The summed E-state index contributed by atoms with van der Waals surface area (Å²) < 4.78 is 1.91. The van der Waals surface area contributed by atoms with Gasteiger partial charge in [0.2, 0.25) is 0 Å². The highest BCUT2D eigenvalue weighted by Crippen LogP contribution is 2.36. The van der Waals surface area contributed by atoms with Crippen LogP contribution in [0.1, 0.15) is 30.8 Å². The van der Waals surface area contributed by atoms with Crippen LogP contribution >= 0.6 is 0 Å². The van der Waals surface area contributed by atoms with Crippen LogP contribution in [0.2, 0.25) is 0 Å². The van der Waals surface area contributed by atoms with Crippen molar-refractivity contribution in [3.63, 3.8) is 0 Å². The number of nitrogens with zero attached hydrogens (tertiary/aromatic N) is 3. The van der Waals surface area contributed by atoms with Crippen LogP contribution in [-0.4, -0.2) is 26.4 Å². The maximum Gasteiger partial charge on any atom is 0.163 e. The Morgan fingerprint density at radius 3 is 3.08 bits per heavy atom. The zero-order valence-electron chi connectivity index (χ0n) is 6.72. The number of rotatable bonds is 3. The van der Waals surface area contributed by atoms with E-state index in [1.54, 1.807) is 6.33 Å². The van der Waals surface area contributed by atoms with E-state index in [0.29, 0.717) is 11.9 Å². The normalized spacial score (nSPS) is 19.5. The van der Waals surface area contributed by atoms with Gasteiger partial charge in [-0.05, 0) is 12.8 Å². The maximum absolute atomic E-state index is 9.43. The average molecular weight is 168 g/mol. The molecule has 1 aromatic rings. The highest BCUT2D eigenvalue weighted by Gasteiger charge is 2.27. The van der Waals surface area contributed by atoms with Gasteiger partial charge in [0, 0.05) is 12.6 Å². The van der Waals surface area contributed by atoms with Gasteiger partial charge in [-0.1, -0.05) is 0 Å². The van der Waals surface area contributed by atoms with E-state index < -0.39 is 6.10 Å². The summed E-state index contributed by atoms with van der Waals surface area (Å²) in [5.41, 5.74) is 5.32. The molecule has 0 saturated heterocycles. The number of aromatic nitrogens is 3. The zero-order valence-corrected chi connectivity index (χ0v) is 6.72. The van der Waals surface area contributed by atoms with Crippen molar-refractivity contribution in [2.24, 2.45) is 5.73 Å². The van der Waals surface area contributed by atoms with E-state index in [4.69, 9.17) is 5.73 Å². The average Bonchev–Trinajstić information content (AvgIpc) is 2.83. The van der Waals surface area contributed by atoms with E-state index in [1.807, 2.05) is 4.57 Å². The van der Waals surface area contributed by atoms with Crippen molar-refractivity contribution in [3.8, 4) is 0 Å². The predicted molar refractivity (Wildman–Crippen MR) is 42.3 cm³/mol. The van der Waals surface area contributed by atoms with E-state index in [2.05, 4.69) is 10.2 Å². The molecule has 1 unspecified atom stereocenters. The van der Waals surface area contributed by atoms with E-state index >= 15 is 0 Å². The molecule has 5 nitrogen and oxygen atoms in total. The van der Waals surface area contributed by atoms with Crippen LogP contribution in [-0.2, 0) is 0 Å². The first-order chi connectivity index (χ1) is 5.83. The molecule has 0 radical (unpaired) electrons. The predicted octanol–water partition coefficient (Wildman–Crippen LogP) is -0.395. The highest BCUT2D eigenvalue weighted by atomic mass is 16.3. The number of hydrogen-bond donors (Lipinski definition) is 2. The molecular weight excluding hydrogens is 156 g/mol. The molecule has 5 heteroatoms. The summed E-state index contributed by atoms with van der Waals surface area (Å²) in [6.07, 6.45) is 3.30. The van der Waals surface area contributed by atoms with Gasteiger partial charge in [0.25, 0.3) is 0 Å². The first kappa shape index (κ1) is 7.70. The van der Waals surface area contributed by atoms with Crippen molar-refractivity contribution >= 4 is 0 Å². The molecule has 1 atom stereocenters. The summed E-state index contributed by atoms with van der Waals surface area (Å²) in [7, 11) is 0. The fourth-order valence-electron chi connectivity index (χ4n) is 1.23. The summed E-state index contributed by atoms with van der Waals surface area (Å²) in [5, 5.41) is 17.0. The fraction of sp³-hybridized carbons (Fsp3) is 0.714. The van der Waals surface area contributed by atoms with Crippen molar-refractivity contribution in [1.82, 2.24) is 14.8 Å². The van der Waals surface area contributed by atoms with Crippen LogP contribution in [0.3, 0.4) is 0 Å². The Hall–Kier alpha value is -0.940. The van der Waals surface area contributed by atoms with E-state index in [0.717, 1.165) is 12.8 Å². The van der Waals surface area contributed by atoms with E-state index in [-0.39, 0.29) is 6.54 Å². The number of aliphatic hydroxyl groups excluding tert-OH is 1. The van der Waals surface area contributed by atoms with Gasteiger partial charge in [0.05, 0.1) is 0 Å². The molecule has 12 heavy (non-hydrogen) atoms. The van der Waals surface area contributed by atoms with Crippen LogP contribution in [0, 0.1) is 0 Å². The van der Waals surface area contributed by atoms with Crippen molar-refractivity contribution in [3.05, 3.63) is 12.2 Å². The molecule has 1 saturated carbocycles. The molecule has 0 amide bonds. The molecule has 2 rings (SSSR count). The molecule has 66 valence electrons. The van der Waals surface area contributed by atoms with Crippen LogP contribution in [0.5, 0.6) is 0 Å². The lowest BCUT2D eigenvalue weighted by molar-refractivity contribution is 0.171. The molecule has 1 aromatic heterocycles. The molecule has 3 N–H and O–H groups in total. The Labute approximate surface area is 70.2 Å². The summed E-state index contributed by atoms with van der Waals surface area (Å²) in [5.74, 6) is 0.597. The summed E-state index contributed by atoms with van der Waals surface area (Å²) >= 11 is 0. The van der Waals surface area contributed by atoms with Gasteiger partial charge in [-0.3, -0.25) is 0 Å². The summed E-state index contributed by atoms with van der Waals surface area (Å²) in [6, 6.07) is 0.496. The minimum atomic E-state index is -0.673. The Balaban J connectivity index is 2.23. The Bertz CT molecular complexity index is 268. The zero-order chi connectivity index (χ0) is 8.55. The highest BCUT2D eigenvalue weighted by molar-refractivity contribution is 4.98. The third-order valence-electron chi connectivity index (χ3n) is 2.06. The molecule has 1 heterocycles. The lowest BCUT2D eigenvalue weighted by atomic mass is 10.3.